The summed E-state index contributed by atoms with van der Waals surface area (Å²) < 4.78 is 49.7. The number of piperazine rings is 1. The molecule has 1 amide bonds. The number of ether oxygens (including phenoxy) is 3. The van der Waals surface area contributed by atoms with Gasteiger partial charge >= 0.3 is 5.97 Å². The van der Waals surface area contributed by atoms with Gasteiger partial charge in [0.2, 0.25) is 0 Å². The van der Waals surface area contributed by atoms with Gasteiger partial charge in [-0.3, -0.25) is 9.59 Å². The van der Waals surface area contributed by atoms with E-state index in [1.807, 2.05) is 24.0 Å². The molecular weight excluding hydrogens is 800 g/mol. The molecule has 2 unspecified atom stereocenters. The molecule has 2 atom stereocenters. The minimum atomic E-state index is -1.54. The predicted octanol–water partition coefficient (Wildman–Crippen LogP) is 5.98. The number of amides is 1. The Kier molecular flexibility index (Phi) is 8.80. The fourth-order valence-electron chi connectivity index (χ4n) is 8.92. The van der Waals surface area contributed by atoms with Gasteiger partial charge in [-0.15, -0.1) is 0 Å². The van der Waals surface area contributed by atoms with Crippen molar-refractivity contribution in [1.29, 1.82) is 0 Å². The van der Waals surface area contributed by atoms with E-state index in [0.717, 1.165) is 22.6 Å². The summed E-state index contributed by atoms with van der Waals surface area (Å²) in [6, 6.07) is 11.9. The van der Waals surface area contributed by atoms with E-state index < -0.39 is 29.5 Å². The Labute approximate surface area is 344 Å². The normalized spacial score (nSPS) is 17.6. The van der Waals surface area contributed by atoms with Crippen molar-refractivity contribution in [3.8, 4) is 39.8 Å². The number of carbonyl (C=O) groups is 2. The minimum Gasteiger partial charge on any atom is -0.507 e. The predicted molar refractivity (Wildman–Crippen MR) is 216 cm³/mol. The first-order chi connectivity index (χ1) is 28.9. The van der Waals surface area contributed by atoms with Gasteiger partial charge in [0.05, 0.1) is 57.5 Å². The first-order valence-corrected chi connectivity index (χ1v) is 19.7. The molecule has 4 aliphatic rings. The SMILES string of the molecule is C=C(COc1ccc2nc3c(c(CC)c2c1)Cn1c-3cc2c(c1=O)COC(=O)C2O)C(=O)N1CCN2c3c(cnc4c(F)c(-c5c(O)cccc5F)c(Cl)cc34)OCC2C1. The average molecular weight is 834 g/mol. The van der Waals surface area contributed by atoms with Crippen LogP contribution in [0.5, 0.6) is 17.2 Å². The van der Waals surface area contributed by atoms with E-state index in [1.165, 1.54) is 24.4 Å². The van der Waals surface area contributed by atoms with Crippen molar-refractivity contribution in [3.63, 3.8) is 0 Å². The first-order valence-electron chi connectivity index (χ1n) is 19.3. The zero-order valence-electron chi connectivity index (χ0n) is 31.9. The van der Waals surface area contributed by atoms with Crippen LogP contribution in [0, 0.1) is 11.6 Å². The van der Waals surface area contributed by atoms with E-state index in [0.29, 0.717) is 59.0 Å². The molecule has 4 aliphatic heterocycles. The molecule has 7 heterocycles. The van der Waals surface area contributed by atoms with Crippen molar-refractivity contribution < 1.29 is 42.8 Å². The quantitative estimate of drug-likeness (QED) is 0.150. The molecule has 6 aromatic rings. The lowest BCUT2D eigenvalue weighted by molar-refractivity contribution is -0.157. The van der Waals surface area contributed by atoms with Crippen molar-refractivity contribution in [1.82, 2.24) is 19.4 Å². The van der Waals surface area contributed by atoms with Crippen LogP contribution in [0.1, 0.15) is 35.3 Å². The summed E-state index contributed by atoms with van der Waals surface area (Å²) in [6.07, 6.45) is 0.489. The smallest absolute Gasteiger partial charge is 0.340 e. The summed E-state index contributed by atoms with van der Waals surface area (Å²) in [7, 11) is 0. The second-order valence-electron chi connectivity index (χ2n) is 15.2. The zero-order valence-corrected chi connectivity index (χ0v) is 32.7. The van der Waals surface area contributed by atoms with Crippen LogP contribution in [-0.4, -0.2) is 80.4 Å². The van der Waals surface area contributed by atoms with E-state index in [-0.39, 0.29) is 88.8 Å². The Morgan fingerprint density at radius 3 is 2.70 bits per heavy atom. The molecule has 1 saturated heterocycles. The number of carbonyl (C=O) groups excluding carboxylic acids is 2. The van der Waals surface area contributed by atoms with Crippen molar-refractivity contribution in [2.45, 2.75) is 38.6 Å². The largest absolute Gasteiger partial charge is 0.507 e. The molecule has 0 bridgehead atoms. The highest BCUT2D eigenvalue weighted by Crippen LogP contribution is 2.47. The van der Waals surface area contributed by atoms with Gasteiger partial charge in [0.1, 0.15) is 42.7 Å². The molecule has 0 radical (unpaired) electrons. The number of cyclic esters (lactones) is 1. The number of aliphatic hydroxyl groups is 1. The molecule has 3 aromatic heterocycles. The number of hydrogen-bond acceptors (Lipinski definition) is 11. The summed E-state index contributed by atoms with van der Waals surface area (Å²) in [5, 5.41) is 21.9. The lowest BCUT2D eigenvalue weighted by Gasteiger charge is -2.46. The van der Waals surface area contributed by atoms with Crippen LogP contribution in [0.15, 0.2) is 71.7 Å². The number of pyridine rings is 3. The third kappa shape index (κ3) is 5.70. The Bertz CT molecular complexity index is 2950. The number of anilines is 1. The van der Waals surface area contributed by atoms with Gasteiger partial charge < -0.3 is 38.8 Å². The van der Waals surface area contributed by atoms with Crippen molar-refractivity contribution in [2.24, 2.45) is 0 Å². The lowest BCUT2D eigenvalue weighted by Crippen LogP contribution is -2.58. The summed E-state index contributed by atoms with van der Waals surface area (Å²) in [5.74, 6) is -2.35. The van der Waals surface area contributed by atoms with Crippen LogP contribution in [0.4, 0.5) is 14.5 Å². The number of benzene rings is 3. The standard InChI is InChI=1S/C44H34ClF2N5O8/c1-3-23-24-11-22(7-8-31(24)49-38-27(23)16-52-32(38)13-25-28(43(52)56)19-60-44(57)41(25)54)58-17-20(2)42(55)50-9-10-51-21(15-50)18-59-34-14-48-39-26(40(34)51)12-29(45)35(37(39)47)36-30(46)5-4-6-33(36)53/h4-8,11-14,21,41,53-54H,2-3,9-10,15-19H2,1H3. The molecule has 1 fully saturated rings. The second kappa shape index (κ2) is 14.0. The van der Waals surface area contributed by atoms with Crippen LogP contribution in [0.25, 0.3) is 44.3 Å². The number of aliphatic hydroxyl groups excluding tert-OH is 1. The number of rotatable bonds is 6. The minimum absolute atomic E-state index is 0.0713. The molecule has 0 spiro atoms. The van der Waals surface area contributed by atoms with Gasteiger partial charge in [0.15, 0.2) is 17.7 Å². The number of phenolic OH excluding ortho intramolecular Hbond substituents is 1. The number of esters is 1. The Hall–Kier alpha value is -6.58. The van der Waals surface area contributed by atoms with Crippen molar-refractivity contribution >= 4 is 51.0 Å². The number of aryl methyl sites for hydroxylation is 1. The Balaban J connectivity index is 0.857. The molecule has 0 saturated carbocycles. The van der Waals surface area contributed by atoms with Gasteiger partial charge in [-0.2, -0.15) is 0 Å². The summed E-state index contributed by atoms with van der Waals surface area (Å²) in [5.41, 5.74) is 3.85. The van der Waals surface area contributed by atoms with Crippen molar-refractivity contribution in [2.75, 3.05) is 37.7 Å². The number of nitrogens with zero attached hydrogens (tertiary/aromatic N) is 5. The number of aromatic hydroxyl groups is 1. The summed E-state index contributed by atoms with van der Waals surface area (Å²) in [6.45, 7) is 7.25. The van der Waals surface area contributed by atoms with E-state index in [4.69, 9.17) is 30.8 Å². The van der Waals surface area contributed by atoms with E-state index in [9.17, 15) is 29.0 Å². The fourth-order valence-corrected chi connectivity index (χ4v) is 9.21. The highest BCUT2D eigenvalue weighted by atomic mass is 35.5. The summed E-state index contributed by atoms with van der Waals surface area (Å²) in [4.78, 5) is 52.2. The van der Waals surface area contributed by atoms with Crippen LogP contribution in [0.3, 0.4) is 0 Å². The number of hydrogen-bond donors (Lipinski definition) is 2. The number of phenols is 1. The first kappa shape index (κ1) is 37.7. The van der Waals surface area contributed by atoms with E-state index in [2.05, 4.69) is 11.6 Å². The summed E-state index contributed by atoms with van der Waals surface area (Å²) >= 11 is 6.58. The monoisotopic (exact) mass is 833 g/mol. The highest BCUT2D eigenvalue weighted by Gasteiger charge is 2.38. The molecule has 2 N–H and O–H groups in total. The molecule has 13 nitrogen and oxygen atoms in total. The number of aromatic nitrogens is 3. The van der Waals surface area contributed by atoms with Gasteiger partial charge in [-0.05, 0) is 54.4 Å². The van der Waals surface area contributed by atoms with Gasteiger partial charge in [-0.1, -0.05) is 31.2 Å². The van der Waals surface area contributed by atoms with Gasteiger partial charge in [-0.25, -0.2) is 23.5 Å². The lowest BCUT2D eigenvalue weighted by atomic mass is 9.97. The third-order valence-electron chi connectivity index (χ3n) is 11.8. The molecule has 16 heteroatoms. The maximum atomic E-state index is 16.1. The molecule has 3 aromatic carbocycles. The van der Waals surface area contributed by atoms with Crippen LogP contribution in [0.2, 0.25) is 5.02 Å². The average Bonchev–Trinajstić information content (AvgIpc) is 3.61. The van der Waals surface area contributed by atoms with E-state index >= 15 is 4.39 Å². The second-order valence-corrected chi connectivity index (χ2v) is 15.6. The maximum Gasteiger partial charge on any atom is 0.340 e. The Morgan fingerprint density at radius 2 is 1.90 bits per heavy atom. The molecule has 304 valence electrons. The third-order valence-corrected chi connectivity index (χ3v) is 12.1. The Morgan fingerprint density at radius 1 is 1.07 bits per heavy atom. The number of halogens is 3. The topological polar surface area (TPSA) is 157 Å². The number of fused-ring (bicyclic) bond motifs is 10. The maximum absolute atomic E-state index is 16.1. The zero-order chi connectivity index (χ0) is 41.7. The highest BCUT2D eigenvalue weighted by molar-refractivity contribution is 6.34. The molecule has 10 rings (SSSR count). The van der Waals surface area contributed by atoms with Crippen LogP contribution >= 0.6 is 11.6 Å². The van der Waals surface area contributed by atoms with Gasteiger partial charge in [0.25, 0.3) is 11.5 Å². The molecule has 60 heavy (non-hydrogen) atoms. The molecular formula is C44H34ClF2N5O8. The van der Waals surface area contributed by atoms with E-state index in [1.54, 1.807) is 21.6 Å². The molecule has 0 aliphatic carbocycles. The van der Waals surface area contributed by atoms with Crippen LogP contribution < -0.4 is 19.9 Å². The van der Waals surface area contributed by atoms with Crippen LogP contribution in [-0.2, 0) is 33.9 Å². The van der Waals surface area contributed by atoms with Gasteiger partial charge in [0, 0.05) is 52.7 Å². The fraction of sp³-hybridized carbons (Fsp3) is 0.250. The van der Waals surface area contributed by atoms with Crippen molar-refractivity contribution in [3.05, 3.63) is 116 Å².